The molecule has 0 saturated heterocycles. The van der Waals surface area contributed by atoms with Crippen LogP contribution in [0.2, 0.25) is 0 Å². The molecule has 3 N–H and O–H groups in total. The summed E-state index contributed by atoms with van der Waals surface area (Å²) in [6.45, 7) is 3.68. The molecule has 8 nitrogen and oxygen atoms in total. The highest BCUT2D eigenvalue weighted by Crippen LogP contribution is 2.32. The van der Waals surface area contributed by atoms with Gasteiger partial charge in [0.15, 0.2) is 5.96 Å². The van der Waals surface area contributed by atoms with Crippen LogP contribution in [-0.2, 0) is 10.3 Å². The molecule has 2 aromatic heterocycles. The minimum absolute atomic E-state index is 0.135. The minimum atomic E-state index is -0.869. The molecule has 9 heteroatoms. The van der Waals surface area contributed by atoms with Crippen LogP contribution in [0, 0.1) is 6.92 Å². The maximum atomic E-state index is 12.2. The number of hydrogen-bond acceptors (Lipinski definition) is 7. The Morgan fingerprint density at radius 3 is 2.84 bits per heavy atom. The number of carbonyl (C=O) groups excluding carboxylic acids is 2. The highest BCUT2D eigenvalue weighted by atomic mass is 32.1. The van der Waals surface area contributed by atoms with Gasteiger partial charge in [-0.2, -0.15) is 4.37 Å². The number of rotatable bonds is 3. The molecule has 0 radical (unpaired) electrons. The number of nitrogens with two attached hydrogens (primary N) is 1. The smallest absolute Gasteiger partial charge is 0.275 e. The number of aromatic nitrogens is 2. The molecular formula is C16H18N6O2S. The molecule has 2 amide bonds. The molecule has 1 aliphatic rings. The topological polar surface area (TPSA) is 114 Å². The van der Waals surface area contributed by atoms with Gasteiger partial charge in [-0.15, -0.1) is 0 Å². The Kier molecular flexibility index (Phi) is 4.25. The number of aryl methyl sites for hydroxylation is 1. The number of guanidine groups is 1. The van der Waals surface area contributed by atoms with Gasteiger partial charge in [0.05, 0.1) is 12.1 Å². The lowest BCUT2D eigenvalue weighted by Crippen LogP contribution is -2.47. The van der Waals surface area contributed by atoms with Crippen molar-refractivity contribution in [3.05, 3.63) is 40.7 Å². The third-order valence-electron chi connectivity index (χ3n) is 4.00. The van der Waals surface area contributed by atoms with Crippen molar-refractivity contribution in [2.75, 3.05) is 12.4 Å². The van der Waals surface area contributed by atoms with Gasteiger partial charge in [0.25, 0.3) is 5.91 Å². The van der Waals surface area contributed by atoms with Crippen LogP contribution in [-0.4, -0.2) is 39.1 Å². The maximum Gasteiger partial charge on any atom is 0.275 e. The second-order valence-corrected chi connectivity index (χ2v) is 7.09. The normalized spacial score (nSPS) is 20.4. The van der Waals surface area contributed by atoms with Crippen LogP contribution >= 0.6 is 11.5 Å². The van der Waals surface area contributed by atoms with E-state index in [0.29, 0.717) is 17.1 Å². The van der Waals surface area contributed by atoms with Gasteiger partial charge in [-0.1, -0.05) is 0 Å². The van der Waals surface area contributed by atoms with Crippen LogP contribution in [0.3, 0.4) is 0 Å². The number of aliphatic imine (C=N–C) groups is 1. The average Bonchev–Trinajstić information content (AvgIpc) is 2.99. The molecular weight excluding hydrogens is 340 g/mol. The minimum Gasteiger partial charge on any atom is -0.369 e. The molecule has 0 aliphatic carbocycles. The number of anilines is 1. The van der Waals surface area contributed by atoms with Crippen molar-refractivity contribution < 1.29 is 9.59 Å². The monoisotopic (exact) mass is 358 g/mol. The molecule has 0 fully saturated rings. The maximum absolute atomic E-state index is 12.2. The molecule has 3 heterocycles. The van der Waals surface area contributed by atoms with E-state index < -0.39 is 5.54 Å². The molecule has 3 rings (SSSR count). The zero-order valence-electron chi connectivity index (χ0n) is 14.1. The first-order chi connectivity index (χ1) is 11.8. The number of carbonyl (C=O) groups is 2. The van der Waals surface area contributed by atoms with Crippen molar-refractivity contribution in [1.82, 2.24) is 14.3 Å². The van der Waals surface area contributed by atoms with Crippen molar-refractivity contribution in [3.63, 3.8) is 0 Å². The van der Waals surface area contributed by atoms with E-state index in [9.17, 15) is 9.59 Å². The predicted molar refractivity (Wildman–Crippen MR) is 95.4 cm³/mol. The highest BCUT2D eigenvalue weighted by molar-refractivity contribution is 7.05. The van der Waals surface area contributed by atoms with Gasteiger partial charge in [-0.3, -0.25) is 19.5 Å². The molecule has 130 valence electrons. The number of amides is 2. The van der Waals surface area contributed by atoms with E-state index in [1.165, 1.54) is 16.4 Å². The fraction of sp³-hybridized carbons (Fsp3) is 0.312. The largest absolute Gasteiger partial charge is 0.369 e. The van der Waals surface area contributed by atoms with E-state index in [2.05, 4.69) is 19.7 Å². The lowest BCUT2D eigenvalue weighted by atomic mass is 9.91. The Balaban J connectivity index is 1.87. The number of nitrogens with zero attached hydrogens (tertiary/aromatic N) is 4. The van der Waals surface area contributed by atoms with Gasteiger partial charge in [0.2, 0.25) is 5.91 Å². The SMILES string of the molecule is Cc1cc(C(=O)Nc2ccnc(C3(C)CC(=O)N(C)C(N)=N3)c2)ns1. The van der Waals surface area contributed by atoms with Crippen LogP contribution < -0.4 is 11.1 Å². The summed E-state index contributed by atoms with van der Waals surface area (Å²) < 4.78 is 4.09. The number of nitrogens with one attached hydrogen (secondary N) is 1. The van der Waals surface area contributed by atoms with Crippen LogP contribution in [0.4, 0.5) is 5.69 Å². The fourth-order valence-corrected chi connectivity index (χ4v) is 3.07. The zero-order chi connectivity index (χ0) is 18.2. The molecule has 25 heavy (non-hydrogen) atoms. The Labute approximate surface area is 148 Å². The second-order valence-electron chi connectivity index (χ2n) is 6.08. The average molecular weight is 358 g/mol. The van der Waals surface area contributed by atoms with Crippen LogP contribution in [0.15, 0.2) is 29.4 Å². The number of pyridine rings is 1. The Morgan fingerprint density at radius 2 is 2.20 bits per heavy atom. The van der Waals surface area contributed by atoms with E-state index in [0.717, 1.165) is 4.88 Å². The van der Waals surface area contributed by atoms with Gasteiger partial charge in [-0.05, 0) is 43.6 Å². The van der Waals surface area contributed by atoms with Crippen LogP contribution in [0.1, 0.15) is 34.4 Å². The molecule has 1 unspecified atom stereocenters. The molecule has 1 atom stereocenters. The first-order valence-corrected chi connectivity index (χ1v) is 8.39. The van der Waals surface area contributed by atoms with Crippen molar-refractivity contribution in [3.8, 4) is 0 Å². The third kappa shape index (κ3) is 3.36. The summed E-state index contributed by atoms with van der Waals surface area (Å²) in [6, 6.07) is 5.10. The van der Waals surface area contributed by atoms with Crippen molar-refractivity contribution in [2.45, 2.75) is 25.8 Å². The van der Waals surface area contributed by atoms with Gasteiger partial charge in [0.1, 0.15) is 11.2 Å². The fourth-order valence-electron chi connectivity index (χ4n) is 2.53. The summed E-state index contributed by atoms with van der Waals surface area (Å²) in [5.74, 6) is -0.286. The molecule has 0 aromatic carbocycles. The summed E-state index contributed by atoms with van der Waals surface area (Å²) in [4.78, 5) is 35.4. The summed E-state index contributed by atoms with van der Waals surface area (Å²) in [7, 11) is 1.58. The predicted octanol–water partition coefficient (Wildman–Crippen LogP) is 1.49. The summed E-state index contributed by atoms with van der Waals surface area (Å²) >= 11 is 1.27. The molecule has 2 aromatic rings. The summed E-state index contributed by atoms with van der Waals surface area (Å²) in [6.07, 6.45) is 1.72. The standard InChI is InChI=1S/C16H18N6O2S/c1-9-6-11(21-25-9)14(24)19-10-4-5-18-12(7-10)16(2)8-13(23)22(3)15(17)20-16/h4-7H,8H2,1-3H3,(H2,17,20)(H,18,19,24). The van der Waals surface area contributed by atoms with E-state index in [1.807, 2.05) is 6.92 Å². The Bertz CT molecular complexity index is 877. The van der Waals surface area contributed by atoms with Gasteiger partial charge in [-0.25, -0.2) is 4.99 Å². The zero-order valence-corrected chi connectivity index (χ0v) is 14.9. The quantitative estimate of drug-likeness (QED) is 0.863. The van der Waals surface area contributed by atoms with E-state index in [1.54, 1.807) is 38.4 Å². The molecule has 0 spiro atoms. The van der Waals surface area contributed by atoms with Crippen LogP contribution in [0.5, 0.6) is 0 Å². The van der Waals surface area contributed by atoms with Gasteiger partial charge >= 0.3 is 0 Å². The van der Waals surface area contributed by atoms with Crippen molar-refractivity contribution in [1.29, 1.82) is 0 Å². The first-order valence-electron chi connectivity index (χ1n) is 7.61. The Morgan fingerprint density at radius 1 is 1.44 bits per heavy atom. The lowest BCUT2D eigenvalue weighted by molar-refractivity contribution is -0.128. The van der Waals surface area contributed by atoms with E-state index in [4.69, 9.17) is 5.73 Å². The first kappa shape index (κ1) is 17.0. The third-order valence-corrected chi connectivity index (χ3v) is 4.70. The van der Waals surface area contributed by atoms with Crippen molar-refractivity contribution in [2.24, 2.45) is 10.7 Å². The van der Waals surface area contributed by atoms with E-state index >= 15 is 0 Å². The highest BCUT2D eigenvalue weighted by Gasteiger charge is 2.37. The van der Waals surface area contributed by atoms with Crippen molar-refractivity contribution >= 4 is 35.0 Å². The van der Waals surface area contributed by atoms with E-state index in [-0.39, 0.29) is 24.2 Å². The molecule has 1 aliphatic heterocycles. The Hall–Kier alpha value is -2.81. The van der Waals surface area contributed by atoms with Crippen LogP contribution in [0.25, 0.3) is 0 Å². The molecule has 0 saturated carbocycles. The van der Waals surface area contributed by atoms with Gasteiger partial charge < -0.3 is 11.1 Å². The summed E-state index contributed by atoms with van der Waals surface area (Å²) in [5.41, 5.74) is 6.44. The summed E-state index contributed by atoms with van der Waals surface area (Å²) in [5, 5.41) is 2.79. The lowest BCUT2D eigenvalue weighted by Gasteiger charge is -2.32. The number of hydrogen-bond donors (Lipinski definition) is 2. The second kappa shape index (κ2) is 6.25. The van der Waals surface area contributed by atoms with Gasteiger partial charge in [0, 0.05) is 23.8 Å². The molecule has 0 bridgehead atoms.